The first-order chi connectivity index (χ1) is 14.7. The number of carbonyl (C=O) groups excluding carboxylic acids is 1. The molecule has 7 nitrogen and oxygen atoms in total. The van der Waals surface area contributed by atoms with Crippen LogP contribution in [-0.2, 0) is 9.53 Å². The molecule has 0 bridgehead atoms. The number of benzene rings is 1. The first kappa shape index (κ1) is 22.0. The van der Waals surface area contributed by atoms with Gasteiger partial charge in [-0.1, -0.05) is 50.7 Å². The molecular formula is C22H27N3O4S. The van der Waals surface area contributed by atoms with E-state index in [1.807, 2.05) is 29.6 Å². The van der Waals surface area contributed by atoms with Crippen molar-refractivity contribution in [2.75, 3.05) is 6.61 Å². The zero-order valence-corrected chi connectivity index (χ0v) is 17.8. The van der Waals surface area contributed by atoms with Crippen molar-refractivity contribution >= 4 is 34.4 Å². The van der Waals surface area contributed by atoms with E-state index in [1.165, 1.54) is 15.9 Å². The molecule has 0 aliphatic rings. The molecular weight excluding hydrogens is 402 g/mol. The van der Waals surface area contributed by atoms with Gasteiger partial charge in [0.1, 0.15) is 5.69 Å². The van der Waals surface area contributed by atoms with Crippen LogP contribution in [0.2, 0.25) is 0 Å². The number of aliphatic carboxylic acids is 1. The van der Waals surface area contributed by atoms with Gasteiger partial charge in [-0.05, 0) is 25.0 Å². The van der Waals surface area contributed by atoms with E-state index in [0.717, 1.165) is 56.9 Å². The van der Waals surface area contributed by atoms with Gasteiger partial charge in [-0.2, -0.15) is 0 Å². The molecule has 8 heteroatoms. The average Bonchev–Trinajstić information content (AvgIpc) is 3.39. The van der Waals surface area contributed by atoms with Gasteiger partial charge in [-0.25, -0.2) is 19.3 Å². The predicted molar refractivity (Wildman–Crippen MR) is 117 cm³/mol. The summed E-state index contributed by atoms with van der Waals surface area (Å²) >= 11 is 1.46. The number of carboxylic acids is 1. The Labute approximate surface area is 179 Å². The van der Waals surface area contributed by atoms with Gasteiger partial charge in [0.05, 0.1) is 23.2 Å². The molecule has 30 heavy (non-hydrogen) atoms. The van der Waals surface area contributed by atoms with Crippen LogP contribution in [0.15, 0.2) is 35.2 Å². The molecule has 0 saturated heterocycles. The molecule has 0 radical (unpaired) electrons. The molecule has 0 fully saturated rings. The summed E-state index contributed by atoms with van der Waals surface area (Å²) in [7, 11) is 0. The number of carbonyl (C=O) groups is 2. The third-order valence-electron chi connectivity index (χ3n) is 4.92. The van der Waals surface area contributed by atoms with Gasteiger partial charge in [-0.15, -0.1) is 11.3 Å². The number of fused-ring (bicyclic) bond motifs is 1. The third kappa shape index (κ3) is 6.13. The number of imidazole rings is 1. The fraction of sp³-hybridized carbons (Fsp3) is 0.455. The summed E-state index contributed by atoms with van der Waals surface area (Å²) in [6.45, 7) is 0.375. The number of hydrogen-bond donors (Lipinski definition) is 1. The topological polar surface area (TPSA) is 94.3 Å². The van der Waals surface area contributed by atoms with Crippen molar-refractivity contribution < 1.29 is 19.4 Å². The second-order valence-corrected chi connectivity index (χ2v) is 7.94. The van der Waals surface area contributed by atoms with Gasteiger partial charge in [0, 0.05) is 11.8 Å². The third-order valence-corrected chi connectivity index (χ3v) is 5.50. The summed E-state index contributed by atoms with van der Waals surface area (Å²) in [4.78, 5) is 32.1. The maximum atomic E-state index is 12.8. The minimum Gasteiger partial charge on any atom is -0.481 e. The van der Waals surface area contributed by atoms with Crippen LogP contribution in [0.4, 0.5) is 4.79 Å². The van der Waals surface area contributed by atoms with Crippen LogP contribution in [0, 0.1) is 0 Å². The molecule has 0 atom stereocenters. The molecule has 3 aromatic rings. The molecule has 0 amide bonds. The largest absolute Gasteiger partial charge is 0.481 e. The number of nitrogens with zero attached hydrogens (tertiary/aromatic N) is 3. The Morgan fingerprint density at radius 1 is 1.00 bits per heavy atom. The number of hydrogen-bond acceptors (Lipinski definition) is 6. The second-order valence-electron chi connectivity index (χ2n) is 7.22. The second kappa shape index (κ2) is 11.4. The maximum Gasteiger partial charge on any atom is 0.420 e. The summed E-state index contributed by atoms with van der Waals surface area (Å²) in [6, 6.07) is 7.49. The zero-order valence-electron chi connectivity index (χ0n) is 17.0. The molecule has 1 aromatic carbocycles. The number of para-hydroxylation sites is 2. The van der Waals surface area contributed by atoms with Crippen molar-refractivity contribution in [3.8, 4) is 11.5 Å². The number of carboxylic acid groups (broad SMARTS) is 1. The minimum absolute atomic E-state index is 0.266. The van der Waals surface area contributed by atoms with Crippen LogP contribution < -0.4 is 0 Å². The van der Waals surface area contributed by atoms with Crippen LogP contribution in [0.3, 0.4) is 0 Å². The van der Waals surface area contributed by atoms with Crippen LogP contribution >= 0.6 is 11.3 Å². The van der Waals surface area contributed by atoms with E-state index in [4.69, 9.17) is 9.84 Å². The quantitative estimate of drug-likeness (QED) is 0.369. The first-order valence-corrected chi connectivity index (χ1v) is 11.4. The highest BCUT2D eigenvalue weighted by atomic mass is 32.1. The van der Waals surface area contributed by atoms with Gasteiger partial charge in [0.15, 0.2) is 5.82 Å². The Bertz CT molecular complexity index is 953. The van der Waals surface area contributed by atoms with Crippen LogP contribution in [0.5, 0.6) is 0 Å². The fourth-order valence-electron chi connectivity index (χ4n) is 3.37. The lowest BCUT2D eigenvalue weighted by atomic mass is 10.1. The number of unbranched alkanes of at least 4 members (excludes halogenated alkanes) is 7. The average molecular weight is 430 g/mol. The molecule has 0 aliphatic heterocycles. The van der Waals surface area contributed by atoms with Gasteiger partial charge in [0.25, 0.3) is 0 Å². The Morgan fingerprint density at radius 2 is 1.70 bits per heavy atom. The van der Waals surface area contributed by atoms with Crippen LogP contribution in [0.25, 0.3) is 22.6 Å². The van der Waals surface area contributed by atoms with Crippen molar-refractivity contribution in [1.29, 1.82) is 0 Å². The number of aromatic nitrogens is 3. The maximum absolute atomic E-state index is 12.8. The normalized spacial score (nSPS) is 11.1. The Morgan fingerprint density at radius 3 is 2.40 bits per heavy atom. The molecule has 3 rings (SSSR count). The highest BCUT2D eigenvalue weighted by molar-refractivity contribution is 7.07. The van der Waals surface area contributed by atoms with E-state index in [0.29, 0.717) is 23.6 Å². The lowest BCUT2D eigenvalue weighted by molar-refractivity contribution is -0.137. The van der Waals surface area contributed by atoms with Crippen LogP contribution in [0.1, 0.15) is 57.8 Å². The summed E-state index contributed by atoms with van der Waals surface area (Å²) in [5, 5.41) is 10.5. The lowest BCUT2D eigenvalue weighted by Gasteiger charge is -2.08. The molecule has 2 aromatic heterocycles. The summed E-state index contributed by atoms with van der Waals surface area (Å²) in [6.07, 6.45) is 7.83. The van der Waals surface area contributed by atoms with Crippen molar-refractivity contribution in [3.63, 3.8) is 0 Å². The first-order valence-electron chi connectivity index (χ1n) is 10.4. The van der Waals surface area contributed by atoms with Gasteiger partial charge < -0.3 is 9.84 Å². The predicted octanol–water partition coefficient (Wildman–Crippen LogP) is 5.74. The van der Waals surface area contributed by atoms with Crippen LogP contribution in [-0.4, -0.2) is 38.3 Å². The minimum atomic E-state index is -0.716. The monoisotopic (exact) mass is 429 g/mol. The fourth-order valence-corrected chi connectivity index (χ4v) is 3.90. The highest BCUT2D eigenvalue weighted by Crippen LogP contribution is 2.25. The SMILES string of the molecule is O=C(O)CCCCCCCCCCOC(=O)n1c(-c2cscn2)nc2ccccc21. The van der Waals surface area contributed by atoms with E-state index >= 15 is 0 Å². The van der Waals surface area contributed by atoms with E-state index in [9.17, 15) is 9.59 Å². The Balaban J connectivity index is 1.41. The van der Waals surface area contributed by atoms with Gasteiger partial charge in [-0.3, -0.25) is 4.79 Å². The molecule has 160 valence electrons. The number of ether oxygens (including phenoxy) is 1. The standard InChI is InChI=1S/C22H27N3O4S/c26-20(27)13-7-5-3-1-2-4-6-10-14-29-22(28)25-19-12-9-8-11-17(19)24-21(25)18-15-30-16-23-18/h8-9,11-12,15-16H,1-7,10,13-14H2,(H,26,27). The van der Waals surface area contributed by atoms with Gasteiger partial charge >= 0.3 is 12.1 Å². The van der Waals surface area contributed by atoms with Gasteiger partial charge in [0.2, 0.25) is 0 Å². The van der Waals surface area contributed by atoms with E-state index < -0.39 is 12.1 Å². The molecule has 0 saturated carbocycles. The number of thiazole rings is 1. The van der Waals surface area contributed by atoms with E-state index in [-0.39, 0.29) is 6.42 Å². The molecule has 2 heterocycles. The smallest absolute Gasteiger partial charge is 0.420 e. The lowest BCUT2D eigenvalue weighted by Crippen LogP contribution is -2.15. The zero-order chi connectivity index (χ0) is 21.2. The number of rotatable bonds is 12. The Hall–Kier alpha value is -2.74. The molecule has 0 aliphatic carbocycles. The van der Waals surface area contributed by atoms with Crippen molar-refractivity contribution in [3.05, 3.63) is 35.2 Å². The molecule has 0 unspecified atom stereocenters. The highest BCUT2D eigenvalue weighted by Gasteiger charge is 2.20. The van der Waals surface area contributed by atoms with Crippen molar-refractivity contribution in [2.45, 2.75) is 57.8 Å². The summed E-state index contributed by atoms with van der Waals surface area (Å²) in [5.41, 5.74) is 3.84. The summed E-state index contributed by atoms with van der Waals surface area (Å²) < 4.78 is 7.02. The molecule has 1 N–H and O–H groups in total. The van der Waals surface area contributed by atoms with Crippen molar-refractivity contribution in [1.82, 2.24) is 14.5 Å². The van der Waals surface area contributed by atoms with E-state index in [2.05, 4.69) is 9.97 Å². The molecule has 0 spiro atoms. The van der Waals surface area contributed by atoms with Crippen molar-refractivity contribution in [2.24, 2.45) is 0 Å². The summed E-state index contributed by atoms with van der Waals surface area (Å²) in [5.74, 6) is -0.211. The Kier molecular flexibility index (Phi) is 8.38. The van der Waals surface area contributed by atoms with E-state index in [1.54, 1.807) is 5.51 Å².